The molecule has 0 atom stereocenters. The lowest BCUT2D eigenvalue weighted by Crippen LogP contribution is -2.34. The zero-order chi connectivity index (χ0) is 15.3. The Hall–Kier alpha value is -1.15. The number of benzene rings is 1. The molecule has 118 valence electrons. The molecule has 1 aliphatic heterocycles. The third kappa shape index (κ3) is 4.41. The molecule has 2 rings (SSSR count). The van der Waals surface area contributed by atoms with Crippen molar-refractivity contribution in [1.82, 2.24) is 9.62 Å². The number of nitrogens with one attached hydrogen (secondary N) is 2. The van der Waals surface area contributed by atoms with Crippen LogP contribution in [0.15, 0.2) is 23.1 Å². The molecule has 1 heterocycles. The fraction of sp³-hybridized carbons (Fsp3) is 0.571. The maximum Gasteiger partial charge on any atom is 0.240 e. The topological polar surface area (TPSA) is 70.7 Å². The molecule has 0 amide bonds. The molecule has 6 nitrogen and oxygen atoms in total. The summed E-state index contributed by atoms with van der Waals surface area (Å²) in [5.74, 6) is 0. The SMILES string of the molecule is COCCN(C)CCNS(=O)(=O)c1ccc2c(c1)NCC2. The van der Waals surface area contributed by atoms with E-state index in [9.17, 15) is 8.42 Å². The van der Waals surface area contributed by atoms with Crippen molar-refractivity contribution in [3.63, 3.8) is 0 Å². The molecule has 0 saturated carbocycles. The average molecular weight is 313 g/mol. The highest BCUT2D eigenvalue weighted by Crippen LogP contribution is 2.25. The summed E-state index contributed by atoms with van der Waals surface area (Å²) in [4.78, 5) is 2.34. The van der Waals surface area contributed by atoms with E-state index in [0.29, 0.717) is 24.6 Å². The van der Waals surface area contributed by atoms with Crippen LogP contribution in [-0.4, -0.2) is 60.3 Å². The largest absolute Gasteiger partial charge is 0.384 e. The van der Waals surface area contributed by atoms with Crippen molar-refractivity contribution in [2.75, 3.05) is 52.3 Å². The third-order valence-electron chi connectivity index (χ3n) is 3.56. The first-order valence-electron chi connectivity index (χ1n) is 7.07. The van der Waals surface area contributed by atoms with Crippen molar-refractivity contribution in [2.24, 2.45) is 0 Å². The summed E-state index contributed by atoms with van der Waals surface area (Å²) >= 11 is 0. The van der Waals surface area contributed by atoms with Gasteiger partial charge in [-0.25, -0.2) is 13.1 Å². The highest BCUT2D eigenvalue weighted by atomic mass is 32.2. The number of anilines is 1. The van der Waals surface area contributed by atoms with Gasteiger partial charge in [0.1, 0.15) is 0 Å². The number of sulfonamides is 1. The zero-order valence-corrected chi connectivity index (χ0v) is 13.4. The van der Waals surface area contributed by atoms with Crippen molar-refractivity contribution in [3.05, 3.63) is 23.8 Å². The second kappa shape index (κ2) is 7.22. The Morgan fingerprint density at radius 3 is 2.95 bits per heavy atom. The third-order valence-corrected chi connectivity index (χ3v) is 5.02. The van der Waals surface area contributed by atoms with Crippen molar-refractivity contribution >= 4 is 15.7 Å². The van der Waals surface area contributed by atoms with Crippen LogP contribution in [0.5, 0.6) is 0 Å². The number of likely N-dealkylation sites (N-methyl/N-ethyl adjacent to an activating group) is 1. The van der Waals surface area contributed by atoms with Crippen LogP contribution in [0.3, 0.4) is 0 Å². The Morgan fingerprint density at radius 2 is 2.19 bits per heavy atom. The lowest BCUT2D eigenvalue weighted by molar-refractivity contribution is 0.162. The van der Waals surface area contributed by atoms with Gasteiger partial charge in [-0.1, -0.05) is 6.07 Å². The van der Waals surface area contributed by atoms with E-state index in [1.54, 1.807) is 19.2 Å². The van der Waals surface area contributed by atoms with E-state index in [1.165, 1.54) is 5.56 Å². The molecular formula is C14H23N3O3S. The van der Waals surface area contributed by atoms with Crippen LogP contribution in [0.4, 0.5) is 5.69 Å². The standard InChI is InChI=1S/C14H23N3O3S/c1-17(9-10-20-2)8-7-16-21(18,19)13-4-3-12-5-6-15-14(12)11-13/h3-4,11,15-16H,5-10H2,1-2H3. The maximum atomic E-state index is 12.2. The van der Waals surface area contributed by atoms with Crippen molar-refractivity contribution in [1.29, 1.82) is 0 Å². The molecule has 0 unspecified atom stereocenters. The number of methoxy groups -OCH3 is 1. The second-order valence-corrected chi connectivity index (χ2v) is 6.96. The van der Waals surface area contributed by atoms with E-state index in [0.717, 1.165) is 25.2 Å². The highest BCUT2D eigenvalue weighted by Gasteiger charge is 2.17. The lowest BCUT2D eigenvalue weighted by atomic mass is 10.2. The first kappa shape index (κ1) is 16.2. The van der Waals surface area contributed by atoms with Crippen LogP contribution < -0.4 is 10.0 Å². The van der Waals surface area contributed by atoms with Crippen molar-refractivity contribution < 1.29 is 13.2 Å². The van der Waals surface area contributed by atoms with Crippen LogP contribution in [0.25, 0.3) is 0 Å². The predicted octanol–water partition coefficient (Wildman–Crippen LogP) is 0.511. The van der Waals surface area contributed by atoms with E-state index in [1.807, 2.05) is 18.0 Å². The first-order chi connectivity index (χ1) is 10.0. The van der Waals surface area contributed by atoms with Gasteiger partial charge in [0.25, 0.3) is 0 Å². The molecule has 2 N–H and O–H groups in total. The highest BCUT2D eigenvalue weighted by molar-refractivity contribution is 7.89. The summed E-state index contributed by atoms with van der Waals surface area (Å²) in [5.41, 5.74) is 2.10. The van der Waals surface area contributed by atoms with E-state index in [4.69, 9.17) is 4.74 Å². The summed E-state index contributed by atoms with van der Waals surface area (Å²) in [6.07, 6.45) is 0.952. The number of nitrogens with zero attached hydrogens (tertiary/aromatic N) is 1. The minimum atomic E-state index is -3.45. The van der Waals surface area contributed by atoms with E-state index in [2.05, 4.69) is 10.0 Å². The van der Waals surface area contributed by atoms with Gasteiger partial charge < -0.3 is 15.0 Å². The summed E-state index contributed by atoms with van der Waals surface area (Å²) in [5, 5.41) is 3.20. The Labute approximate surface area is 126 Å². The summed E-state index contributed by atoms with van der Waals surface area (Å²) in [6, 6.07) is 5.26. The van der Waals surface area contributed by atoms with Gasteiger partial charge in [0.15, 0.2) is 0 Å². The number of fused-ring (bicyclic) bond motifs is 1. The molecule has 1 aliphatic rings. The fourth-order valence-corrected chi connectivity index (χ4v) is 3.30. The smallest absolute Gasteiger partial charge is 0.240 e. The van der Waals surface area contributed by atoms with Gasteiger partial charge >= 0.3 is 0 Å². The molecule has 1 aromatic carbocycles. The minimum absolute atomic E-state index is 0.315. The van der Waals surface area contributed by atoms with Crippen molar-refractivity contribution in [2.45, 2.75) is 11.3 Å². The fourth-order valence-electron chi connectivity index (χ4n) is 2.25. The quantitative estimate of drug-likeness (QED) is 0.732. The molecule has 0 aliphatic carbocycles. The number of hydrogen-bond acceptors (Lipinski definition) is 5. The van der Waals surface area contributed by atoms with Gasteiger partial charge in [-0.2, -0.15) is 0 Å². The number of rotatable bonds is 8. The molecule has 0 spiro atoms. The van der Waals surface area contributed by atoms with Gasteiger partial charge in [-0.05, 0) is 31.2 Å². The Bertz CT molecular complexity index is 575. The molecule has 0 bridgehead atoms. The molecule has 21 heavy (non-hydrogen) atoms. The van der Waals surface area contributed by atoms with Gasteiger partial charge in [-0.15, -0.1) is 0 Å². The van der Waals surface area contributed by atoms with Crippen LogP contribution in [0, 0.1) is 0 Å². The Balaban J connectivity index is 1.90. The van der Waals surface area contributed by atoms with E-state index >= 15 is 0 Å². The monoisotopic (exact) mass is 313 g/mol. The van der Waals surface area contributed by atoms with Crippen LogP contribution in [-0.2, 0) is 21.2 Å². The molecule has 1 aromatic rings. The van der Waals surface area contributed by atoms with E-state index in [-0.39, 0.29) is 0 Å². The summed E-state index contributed by atoms with van der Waals surface area (Å²) in [7, 11) is 0.142. The van der Waals surface area contributed by atoms with Crippen LogP contribution >= 0.6 is 0 Å². The minimum Gasteiger partial charge on any atom is -0.384 e. The Kier molecular flexibility index (Phi) is 5.58. The normalized spacial score (nSPS) is 14.2. The summed E-state index contributed by atoms with van der Waals surface area (Å²) in [6.45, 7) is 3.32. The number of ether oxygens (including phenoxy) is 1. The molecular weight excluding hydrogens is 290 g/mol. The number of hydrogen-bond donors (Lipinski definition) is 2. The second-order valence-electron chi connectivity index (χ2n) is 5.19. The lowest BCUT2D eigenvalue weighted by Gasteiger charge is -2.16. The summed E-state index contributed by atoms with van der Waals surface area (Å²) < 4.78 is 32.1. The first-order valence-corrected chi connectivity index (χ1v) is 8.55. The molecule has 0 radical (unpaired) electrons. The predicted molar refractivity (Wildman–Crippen MR) is 83.2 cm³/mol. The van der Waals surface area contributed by atoms with Crippen LogP contribution in [0.2, 0.25) is 0 Å². The molecule has 0 saturated heterocycles. The molecule has 0 fully saturated rings. The molecule has 0 aromatic heterocycles. The average Bonchev–Trinajstić information content (AvgIpc) is 2.92. The van der Waals surface area contributed by atoms with Gasteiger partial charge in [-0.3, -0.25) is 0 Å². The van der Waals surface area contributed by atoms with Crippen LogP contribution in [0.1, 0.15) is 5.56 Å². The Morgan fingerprint density at radius 1 is 1.38 bits per heavy atom. The maximum absolute atomic E-state index is 12.2. The van der Waals surface area contributed by atoms with E-state index < -0.39 is 10.0 Å². The molecule has 7 heteroatoms. The zero-order valence-electron chi connectivity index (χ0n) is 12.6. The van der Waals surface area contributed by atoms with Gasteiger partial charge in [0, 0.05) is 39.0 Å². The van der Waals surface area contributed by atoms with Crippen molar-refractivity contribution in [3.8, 4) is 0 Å². The van der Waals surface area contributed by atoms with Gasteiger partial charge in [0.05, 0.1) is 11.5 Å². The van der Waals surface area contributed by atoms with Gasteiger partial charge in [0.2, 0.25) is 10.0 Å².